The molecule has 0 unspecified atom stereocenters. The lowest BCUT2D eigenvalue weighted by molar-refractivity contribution is -0.142. The molecule has 1 aliphatic rings. The predicted octanol–water partition coefficient (Wildman–Crippen LogP) is 2.59. The summed E-state index contributed by atoms with van der Waals surface area (Å²) in [5.41, 5.74) is 2.87. The van der Waals surface area contributed by atoms with Gasteiger partial charge in [0.2, 0.25) is 0 Å². The Labute approximate surface area is 154 Å². The number of hydrogen-bond donors (Lipinski definition) is 1. The first kappa shape index (κ1) is 18.5. The minimum absolute atomic E-state index is 0.160. The van der Waals surface area contributed by atoms with E-state index in [0.29, 0.717) is 6.61 Å². The van der Waals surface area contributed by atoms with E-state index in [4.69, 9.17) is 4.74 Å². The van der Waals surface area contributed by atoms with Crippen LogP contribution < -0.4 is 5.32 Å². The molecule has 0 aliphatic heterocycles. The molecular weight excluding hydrogens is 330 g/mol. The molecule has 26 heavy (non-hydrogen) atoms. The van der Waals surface area contributed by atoms with Gasteiger partial charge in [-0.1, -0.05) is 25.3 Å². The molecule has 0 amide bonds. The molecule has 0 spiro atoms. The summed E-state index contributed by atoms with van der Waals surface area (Å²) in [6, 6.07) is 6.28. The molecule has 7 heteroatoms. The van der Waals surface area contributed by atoms with Gasteiger partial charge in [-0.25, -0.2) is 0 Å². The fourth-order valence-electron chi connectivity index (χ4n) is 3.82. The van der Waals surface area contributed by atoms with Crippen LogP contribution in [0.3, 0.4) is 0 Å². The van der Waals surface area contributed by atoms with E-state index < -0.39 is 5.54 Å². The summed E-state index contributed by atoms with van der Waals surface area (Å²) in [6.07, 6.45) is 5.15. The van der Waals surface area contributed by atoms with Crippen molar-refractivity contribution in [3.63, 3.8) is 0 Å². The van der Waals surface area contributed by atoms with E-state index in [9.17, 15) is 4.79 Å². The summed E-state index contributed by atoms with van der Waals surface area (Å²) in [5, 5.41) is 16.0. The average molecular weight is 357 g/mol. The van der Waals surface area contributed by atoms with Gasteiger partial charge in [0.15, 0.2) is 5.82 Å². The summed E-state index contributed by atoms with van der Waals surface area (Å²) >= 11 is 0. The minimum Gasteiger partial charge on any atom is -0.465 e. The van der Waals surface area contributed by atoms with Gasteiger partial charge in [-0.3, -0.25) is 10.1 Å². The van der Waals surface area contributed by atoms with Gasteiger partial charge in [0.05, 0.1) is 24.4 Å². The molecule has 7 nitrogen and oxygen atoms in total. The highest BCUT2D eigenvalue weighted by atomic mass is 16.5. The highest BCUT2D eigenvalue weighted by Gasteiger charge is 2.39. The summed E-state index contributed by atoms with van der Waals surface area (Å²) < 4.78 is 6.89. The molecule has 1 heterocycles. The van der Waals surface area contributed by atoms with Crippen LogP contribution in [0.15, 0.2) is 18.2 Å². The number of aromatic nitrogens is 4. The third-order valence-corrected chi connectivity index (χ3v) is 4.93. The molecule has 140 valence electrons. The number of ether oxygens (including phenoxy) is 1. The SMILES string of the molecule is CCOC(=O)CNC1(c2nnnn2-c2cc(C)cc(C)c2)CCCCC1. The minimum atomic E-state index is -0.411. The Morgan fingerprint density at radius 3 is 2.54 bits per heavy atom. The van der Waals surface area contributed by atoms with Crippen LogP contribution in [-0.4, -0.2) is 39.3 Å². The van der Waals surface area contributed by atoms with Crippen LogP contribution in [0, 0.1) is 13.8 Å². The quantitative estimate of drug-likeness (QED) is 0.800. The molecule has 0 radical (unpaired) electrons. The molecule has 3 rings (SSSR count). The van der Waals surface area contributed by atoms with Crippen LogP contribution in [0.1, 0.15) is 56.0 Å². The number of carbonyl (C=O) groups is 1. The molecule has 0 atom stereocenters. The van der Waals surface area contributed by atoms with Crippen molar-refractivity contribution in [2.45, 2.75) is 58.4 Å². The number of hydrogen-bond acceptors (Lipinski definition) is 6. The smallest absolute Gasteiger partial charge is 0.319 e. The van der Waals surface area contributed by atoms with Crippen molar-refractivity contribution in [2.24, 2.45) is 0 Å². The van der Waals surface area contributed by atoms with Gasteiger partial charge in [-0.2, -0.15) is 4.68 Å². The predicted molar refractivity (Wildman–Crippen MR) is 98.0 cm³/mol. The van der Waals surface area contributed by atoms with Crippen LogP contribution in [-0.2, 0) is 15.1 Å². The molecular formula is C19H27N5O2. The fourth-order valence-corrected chi connectivity index (χ4v) is 3.82. The zero-order valence-electron chi connectivity index (χ0n) is 15.8. The van der Waals surface area contributed by atoms with E-state index in [2.05, 4.69) is 52.9 Å². The number of rotatable bonds is 6. The zero-order valence-corrected chi connectivity index (χ0v) is 15.8. The van der Waals surface area contributed by atoms with Crippen molar-refractivity contribution in [3.8, 4) is 5.69 Å². The molecule has 1 N–H and O–H groups in total. The molecule has 1 fully saturated rings. The monoisotopic (exact) mass is 357 g/mol. The van der Waals surface area contributed by atoms with Gasteiger partial charge < -0.3 is 4.74 Å². The van der Waals surface area contributed by atoms with Crippen LogP contribution in [0.25, 0.3) is 5.69 Å². The number of aryl methyl sites for hydroxylation is 2. The summed E-state index contributed by atoms with van der Waals surface area (Å²) in [5.74, 6) is 0.523. The van der Waals surface area contributed by atoms with Gasteiger partial charge in [-0.05, 0) is 67.3 Å². The normalized spacial score (nSPS) is 16.4. The third kappa shape index (κ3) is 3.93. The highest BCUT2D eigenvalue weighted by molar-refractivity contribution is 5.71. The number of tetrazole rings is 1. The fraction of sp³-hybridized carbons (Fsp3) is 0.579. The molecule has 0 saturated heterocycles. The van der Waals surface area contributed by atoms with E-state index in [1.54, 1.807) is 0 Å². The van der Waals surface area contributed by atoms with Crippen LogP contribution in [0.5, 0.6) is 0 Å². The topological polar surface area (TPSA) is 81.9 Å². The Kier molecular flexibility index (Phi) is 5.66. The largest absolute Gasteiger partial charge is 0.465 e. The van der Waals surface area contributed by atoms with Gasteiger partial charge in [0, 0.05) is 0 Å². The van der Waals surface area contributed by atoms with Gasteiger partial charge in [0.1, 0.15) is 0 Å². The Bertz CT molecular complexity index is 745. The van der Waals surface area contributed by atoms with E-state index in [0.717, 1.165) is 37.2 Å². The maximum atomic E-state index is 11.9. The Hall–Kier alpha value is -2.28. The summed E-state index contributed by atoms with van der Waals surface area (Å²) in [7, 11) is 0. The van der Waals surface area contributed by atoms with Crippen molar-refractivity contribution in [1.82, 2.24) is 25.5 Å². The second kappa shape index (κ2) is 7.95. The number of nitrogens with one attached hydrogen (secondary N) is 1. The number of benzene rings is 1. The summed E-state index contributed by atoms with van der Waals surface area (Å²) in [6.45, 7) is 6.49. The first-order valence-electron chi connectivity index (χ1n) is 9.32. The highest BCUT2D eigenvalue weighted by Crippen LogP contribution is 2.36. The van der Waals surface area contributed by atoms with Crippen LogP contribution >= 0.6 is 0 Å². The standard InChI is InChI=1S/C19H27N5O2/c1-4-26-17(25)13-20-19(8-6-5-7-9-19)18-21-22-23-24(18)16-11-14(2)10-15(3)12-16/h10-12,20H,4-9,13H2,1-3H3. The second-order valence-corrected chi connectivity index (χ2v) is 7.06. The van der Waals surface area contributed by atoms with E-state index in [-0.39, 0.29) is 12.5 Å². The Balaban J connectivity index is 1.95. The molecule has 1 saturated carbocycles. The Morgan fingerprint density at radius 2 is 1.88 bits per heavy atom. The molecule has 1 aliphatic carbocycles. The molecule has 1 aromatic carbocycles. The first-order chi connectivity index (χ1) is 12.5. The molecule has 1 aromatic heterocycles. The van der Waals surface area contributed by atoms with Crippen LogP contribution in [0.2, 0.25) is 0 Å². The Morgan fingerprint density at radius 1 is 1.19 bits per heavy atom. The lowest BCUT2D eigenvalue weighted by Crippen LogP contribution is -2.48. The van der Waals surface area contributed by atoms with Crippen molar-refractivity contribution in [2.75, 3.05) is 13.2 Å². The van der Waals surface area contributed by atoms with Crippen molar-refractivity contribution in [3.05, 3.63) is 35.2 Å². The van der Waals surface area contributed by atoms with E-state index in [1.165, 1.54) is 17.5 Å². The first-order valence-corrected chi connectivity index (χ1v) is 9.32. The maximum Gasteiger partial charge on any atom is 0.319 e. The lowest BCUT2D eigenvalue weighted by Gasteiger charge is -2.36. The van der Waals surface area contributed by atoms with Crippen molar-refractivity contribution < 1.29 is 9.53 Å². The van der Waals surface area contributed by atoms with Crippen molar-refractivity contribution in [1.29, 1.82) is 0 Å². The number of nitrogens with zero attached hydrogens (tertiary/aromatic N) is 4. The van der Waals surface area contributed by atoms with E-state index >= 15 is 0 Å². The van der Waals surface area contributed by atoms with Gasteiger partial charge in [-0.15, -0.1) is 5.10 Å². The lowest BCUT2D eigenvalue weighted by atomic mass is 9.80. The molecule has 0 bridgehead atoms. The third-order valence-electron chi connectivity index (χ3n) is 4.93. The van der Waals surface area contributed by atoms with Crippen molar-refractivity contribution >= 4 is 5.97 Å². The van der Waals surface area contributed by atoms with Gasteiger partial charge >= 0.3 is 5.97 Å². The van der Waals surface area contributed by atoms with E-state index in [1.807, 2.05) is 11.6 Å². The number of carbonyl (C=O) groups excluding carboxylic acids is 1. The van der Waals surface area contributed by atoms with Gasteiger partial charge in [0.25, 0.3) is 0 Å². The zero-order chi connectivity index (χ0) is 18.6. The summed E-state index contributed by atoms with van der Waals surface area (Å²) in [4.78, 5) is 11.9. The number of esters is 1. The molecule has 2 aromatic rings. The average Bonchev–Trinajstić information content (AvgIpc) is 3.11. The second-order valence-electron chi connectivity index (χ2n) is 7.06. The van der Waals surface area contributed by atoms with Crippen LogP contribution in [0.4, 0.5) is 0 Å². The maximum absolute atomic E-state index is 11.9.